The molecule has 1 atom stereocenters. The summed E-state index contributed by atoms with van der Waals surface area (Å²) in [7, 11) is 0. The second kappa shape index (κ2) is 5.53. The van der Waals surface area contributed by atoms with E-state index in [-0.39, 0.29) is 17.9 Å². The number of carboxylic acids is 1. The fourth-order valence-electron chi connectivity index (χ4n) is 3.03. The lowest BCUT2D eigenvalue weighted by molar-refractivity contribution is -0.138. The van der Waals surface area contributed by atoms with Crippen LogP contribution in [-0.4, -0.2) is 23.2 Å². The Balaban J connectivity index is 2.27. The molecule has 4 heteroatoms. The van der Waals surface area contributed by atoms with Gasteiger partial charge in [0.1, 0.15) is 0 Å². The summed E-state index contributed by atoms with van der Waals surface area (Å²) in [6.45, 7) is 5.29. The van der Waals surface area contributed by atoms with Crippen LogP contribution >= 0.6 is 15.9 Å². The van der Waals surface area contributed by atoms with Crippen molar-refractivity contribution in [3.63, 3.8) is 0 Å². The zero-order chi connectivity index (χ0) is 14.0. The molecular formula is C15H20BrNO2. The standard InChI is InChI=1S/C15H20BrNO2/c1-15(2)11(9-14(18)19)5-4-8-17(15)13-7-3-6-12(16)10-13/h3,6-7,10-11H,4-5,8-9H2,1-2H3,(H,18,19). The second-order valence-electron chi connectivity index (χ2n) is 5.72. The number of aliphatic carboxylic acids is 1. The highest BCUT2D eigenvalue weighted by atomic mass is 79.9. The first kappa shape index (κ1) is 14.4. The molecule has 104 valence electrons. The summed E-state index contributed by atoms with van der Waals surface area (Å²) in [5.41, 5.74) is 1.03. The molecule has 1 aromatic rings. The molecular weight excluding hydrogens is 306 g/mol. The van der Waals surface area contributed by atoms with E-state index in [1.165, 1.54) is 0 Å². The van der Waals surface area contributed by atoms with Crippen LogP contribution < -0.4 is 4.90 Å². The van der Waals surface area contributed by atoms with Crippen molar-refractivity contribution < 1.29 is 9.90 Å². The highest BCUT2D eigenvalue weighted by molar-refractivity contribution is 9.10. The predicted octanol–water partition coefficient (Wildman–Crippen LogP) is 3.92. The van der Waals surface area contributed by atoms with Crippen LogP contribution in [0.1, 0.15) is 33.1 Å². The number of hydrogen-bond donors (Lipinski definition) is 1. The summed E-state index contributed by atoms with van der Waals surface area (Å²) >= 11 is 3.50. The smallest absolute Gasteiger partial charge is 0.303 e. The van der Waals surface area contributed by atoms with Crippen molar-refractivity contribution in [2.75, 3.05) is 11.4 Å². The number of hydrogen-bond acceptors (Lipinski definition) is 2. The first-order chi connectivity index (χ1) is 8.91. The molecule has 3 nitrogen and oxygen atoms in total. The Hall–Kier alpha value is -1.03. The van der Waals surface area contributed by atoms with E-state index in [0.29, 0.717) is 0 Å². The fraction of sp³-hybridized carbons (Fsp3) is 0.533. The van der Waals surface area contributed by atoms with Crippen molar-refractivity contribution in [1.29, 1.82) is 0 Å². The molecule has 1 unspecified atom stereocenters. The van der Waals surface area contributed by atoms with E-state index in [2.05, 4.69) is 46.8 Å². The minimum absolute atomic E-state index is 0.128. The number of carbonyl (C=O) groups is 1. The number of carboxylic acid groups (broad SMARTS) is 1. The minimum atomic E-state index is -0.700. The molecule has 0 spiro atoms. The molecule has 0 aromatic heterocycles. The van der Waals surface area contributed by atoms with Gasteiger partial charge < -0.3 is 10.0 Å². The van der Waals surface area contributed by atoms with E-state index in [9.17, 15) is 4.79 Å². The van der Waals surface area contributed by atoms with Gasteiger partial charge in [-0.3, -0.25) is 4.79 Å². The summed E-state index contributed by atoms with van der Waals surface area (Å²) in [5.74, 6) is -0.508. The maximum absolute atomic E-state index is 11.0. The van der Waals surface area contributed by atoms with E-state index in [1.807, 2.05) is 12.1 Å². The van der Waals surface area contributed by atoms with Crippen molar-refractivity contribution >= 4 is 27.6 Å². The van der Waals surface area contributed by atoms with E-state index >= 15 is 0 Å². The fourth-order valence-corrected chi connectivity index (χ4v) is 3.41. The number of nitrogens with zero attached hydrogens (tertiary/aromatic N) is 1. The Kier molecular flexibility index (Phi) is 4.19. The average molecular weight is 326 g/mol. The van der Waals surface area contributed by atoms with Gasteiger partial charge in [-0.2, -0.15) is 0 Å². The predicted molar refractivity (Wildman–Crippen MR) is 80.5 cm³/mol. The lowest BCUT2D eigenvalue weighted by Crippen LogP contribution is -2.54. The molecule has 1 N–H and O–H groups in total. The molecule has 0 radical (unpaired) electrons. The van der Waals surface area contributed by atoms with Crippen molar-refractivity contribution in [2.45, 2.75) is 38.6 Å². The normalized spacial score (nSPS) is 22.3. The van der Waals surface area contributed by atoms with Crippen LogP contribution in [-0.2, 0) is 4.79 Å². The molecule has 0 saturated carbocycles. The van der Waals surface area contributed by atoms with Gasteiger partial charge in [0, 0.05) is 22.2 Å². The van der Waals surface area contributed by atoms with Gasteiger partial charge in [0.25, 0.3) is 0 Å². The summed E-state index contributed by atoms with van der Waals surface area (Å²) in [6, 6.07) is 8.23. The number of rotatable bonds is 3. The third-order valence-electron chi connectivity index (χ3n) is 4.17. The first-order valence-electron chi connectivity index (χ1n) is 6.66. The van der Waals surface area contributed by atoms with Gasteiger partial charge in [-0.25, -0.2) is 0 Å². The van der Waals surface area contributed by atoms with E-state index in [4.69, 9.17) is 5.11 Å². The molecule has 1 saturated heterocycles. The number of piperidine rings is 1. The quantitative estimate of drug-likeness (QED) is 0.915. The van der Waals surface area contributed by atoms with Gasteiger partial charge in [0.15, 0.2) is 0 Å². The van der Waals surface area contributed by atoms with Crippen LogP contribution in [0.25, 0.3) is 0 Å². The summed E-state index contributed by atoms with van der Waals surface area (Å²) < 4.78 is 1.06. The van der Waals surface area contributed by atoms with Crippen LogP contribution in [0.4, 0.5) is 5.69 Å². The Morgan fingerprint density at radius 3 is 2.89 bits per heavy atom. The molecule has 2 rings (SSSR count). The number of anilines is 1. The Morgan fingerprint density at radius 2 is 2.26 bits per heavy atom. The van der Waals surface area contributed by atoms with E-state index < -0.39 is 5.97 Å². The van der Waals surface area contributed by atoms with E-state index in [1.54, 1.807) is 0 Å². The van der Waals surface area contributed by atoms with Crippen LogP contribution in [0.2, 0.25) is 0 Å². The maximum atomic E-state index is 11.0. The van der Waals surface area contributed by atoms with Crippen LogP contribution in [0.3, 0.4) is 0 Å². The molecule has 1 aliphatic heterocycles. The summed E-state index contributed by atoms with van der Waals surface area (Å²) in [6.07, 6.45) is 2.29. The zero-order valence-electron chi connectivity index (χ0n) is 11.4. The number of halogens is 1. The maximum Gasteiger partial charge on any atom is 0.303 e. The number of benzene rings is 1. The van der Waals surface area contributed by atoms with Crippen molar-refractivity contribution in [1.82, 2.24) is 0 Å². The molecule has 19 heavy (non-hydrogen) atoms. The van der Waals surface area contributed by atoms with Crippen LogP contribution in [0.15, 0.2) is 28.7 Å². The summed E-state index contributed by atoms with van der Waals surface area (Å²) in [4.78, 5) is 13.4. The molecule has 0 aliphatic carbocycles. The zero-order valence-corrected chi connectivity index (χ0v) is 13.0. The van der Waals surface area contributed by atoms with Gasteiger partial charge in [-0.05, 0) is 50.8 Å². The highest BCUT2D eigenvalue weighted by Crippen LogP contribution is 2.39. The molecule has 1 aromatic carbocycles. The summed E-state index contributed by atoms with van der Waals surface area (Å²) in [5, 5.41) is 9.07. The Labute approximate surface area is 122 Å². The van der Waals surface area contributed by atoms with Gasteiger partial charge in [0.2, 0.25) is 0 Å². The van der Waals surface area contributed by atoms with E-state index in [0.717, 1.165) is 29.5 Å². The van der Waals surface area contributed by atoms with Gasteiger partial charge in [-0.15, -0.1) is 0 Å². The molecule has 0 bridgehead atoms. The first-order valence-corrected chi connectivity index (χ1v) is 7.45. The minimum Gasteiger partial charge on any atom is -0.481 e. The van der Waals surface area contributed by atoms with Gasteiger partial charge in [0.05, 0.1) is 6.42 Å². The molecule has 1 heterocycles. The van der Waals surface area contributed by atoms with Crippen LogP contribution in [0.5, 0.6) is 0 Å². The average Bonchev–Trinajstić information content (AvgIpc) is 2.31. The largest absolute Gasteiger partial charge is 0.481 e. The highest BCUT2D eigenvalue weighted by Gasteiger charge is 2.39. The monoisotopic (exact) mass is 325 g/mol. The van der Waals surface area contributed by atoms with Crippen molar-refractivity contribution in [2.24, 2.45) is 5.92 Å². The third kappa shape index (κ3) is 3.11. The van der Waals surface area contributed by atoms with Crippen LogP contribution in [0, 0.1) is 5.92 Å². The second-order valence-corrected chi connectivity index (χ2v) is 6.64. The SMILES string of the molecule is CC1(C)C(CC(=O)O)CCCN1c1cccc(Br)c1. The van der Waals surface area contributed by atoms with Gasteiger partial charge >= 0.3 is 5.97 Å². The topological polar surface area (TPSA) is 40.5 Å². The van der Waals surface area contributed by atoms with Gasteiger partial charge in [-0.1, -0.05) is 22.0 Å². The lowest BCUT2D eigenvalue weighted by atomic mass is 9.77. The Bertz CT molecular complexity index is 473. The molecule has 1 aliphatic rings. The molecule has 0 amide bonds. The van der Waals surface area contributed by atoms with Crippen molar-refractivity contribution in [3.8, 4) is 0 Å². The third-order valence-corrected chi connectivity index (χ3v) is 4.66. The Morgan fingerprint density at radius 1 is 1.53 bits per heavy atom. The lowest BCUT2D eigenvalue weighted by Gasteiger charge is -2.49. The van der Waals surface area contributed by atoms with Crippen molar-refractivity contribution in [3.05, 3.63) is 28.7 Å². The molecule has 1 fully saturated rings.